The summed E-state index contributed by atoms with van der Waals surface area (Å²) >= 11 is 0. The van der Waals surface area contributed by atoms with Gasteiger partial charge in [0.15, 0.2) is 5.76 Å². The molecule has 0 atom stereocenters. The molecular weight excluding hydrogens is 180 g/mol. The number of nitriles is 1. The zero-order valence-corrected chi connectivity index (χ0v) is 8.02. The Hall–Kier alpha value is -2.02. The monoisotopic (exact) mass is 190 g/mol. The lowest BCUT2D eigenvalue weighted by Crippen LogP contribution is -2.08. The first kappa shape index (κ1) is 10.1. The second-order valence-corrected chi connectivity index (χ2v) is 2.92. The minimum atomic E-state index is -0.397. The van der Waals surface area contributed by atoms with Crippen molar-refractivity contribution >= 4 is 5.78 Å². The molecule has 4 heteroatoms. The highest BCUT2D eigenvalue weighted by Crippen LogP contribution is 2.08. The maximum absolute atomic E-state index is 11.6. The molecular formula is C10H10N2O2. The lowest BCUT2D eigenvalue weighted by atomic mass is 10.1. The molecule has 0 saturated heterocycles. The van der Waals surface area contributed by atoms with Gasteiger partial charge in [-0.2, -0.15) is 5.26 Å². The van der Waals surface area contributed by atoms with Crippen LogP contribution in [0.5, 0.6) is 0 Å². The summed E-state index contributed by atoms with van der Waals surface area (Å²) in [5, 5.41) is 8.74. The van der Waals surface area contributed by atoms with Crippen LogP contribution < -0.4 is 0 Å². The minimum Gasteiger partial charge on any atom is -0.461 e. The second kappa shape index (κ2) is 4.28. The number of rotatable bonds is 3. The molecule has 0 bridgehead atoms. The van der Waals surface area contributed by atoms with Crippen molar-refractivity contribution < 1.29 is 9.21 Å². The molecule has 0 spiro atoms. The van der Waals surface area contributed by atoms with Gasteiger partial charge >= 0.3 is 0 Å². The Labute approximate surface area is 82.0 Å². The molecule has 1 heterocycles. The van der Waals surface area contributed by atoms with E-state index >= 15 is 0 Å². The van der Waals surface area contributed by atoms with Crippen molar-refractivity contribution in [3.63, 3.8) is 0 Å². The van der Waals surface area contributed by atoms with Gasteiger partial charge in [-0.1, -0.05) is 0 Å². The van der Waals surface area contributed by atoms with Crippen LogP contribution >= 0.6 is 0 Å². The minimum absolute atomic E-state index is 0.0601. The molecule has 0 fully saturated rings. The molecule has 0 radical (unpaired) electrons. The normalized spacial score (nSPS) is 10.8. The molecule has 1 aromatic heterocycles. The highest BCUT2D eigenvalue weighted by atomic mass is 16.3. The van der Waals surface area contributed by atoms with Crippen LogP contribution in [0.4, 0.5) is 0 Å². The molecule has 72 valence electrons. The third-order valence-corrected chi connectivity index (χ3v) is 1.50. The summed E-state index contributed by atoms with van der Waals surface area (Å²) in [6.45, 7) is 0. The zero-order valence-electron chi connectivity index (χ0n) is 8.02. The highest BCUT2D eigenvalue weighted by molar-refractivity contribution is 6.09. The SMILES string of the molecule is CN(C)C=C(C#N)C(=O)c1ccco1. The van der Waals surface area contributed by atoms with E-state index in [1.807, 2.05) is 6.07 Å². The fourth-order valence-corrected chi connectivity index (χ4v) is 0.937. The molecule has 4 nitrogen and oxygen atoms in total. The molecule has 1 aromatic rings. The quantitative estimate of drug-likeness (QED) is 0.411. The summed E-state index contributed by atoms with van der Waals surface area (Å²) in [6.07, 6.45) is 2.86. The van der Waals surface area contributed by atoms with E-state index in [1.165, 1.54) is 18.5 Å². The molecule has 0 aliphatic heterocycles. The number of furan rings is 1. The fourth-order valence-electron chi connectivity index (χ4n) is 0.937. The van der Waals surface area contributed by atoms with E-state index in [2.05, 4.69) is 0 Å². The van der Waals surface area contributed by atoms with Gasteiger partial charge in [0.05, 0.1) is 6.26 Å². The van der Waals surface area contributed by atoms with Gasteiger partial charge in [0.1, 0.15) is 11.6 Å². The van der Waals surface area contributed by atoms with E-state index in [9.17, 15) is 4.79 Å². The third kappa shape index (κ3) is 2.23. The van der Waals surface area contributed by atoms with Gasteiger partial charge in [-0.25, -0.2) is 0 Å². The van der Waals surface area contributed by atoms with E-state index < -0.39 is 5.78 Å². The maximum Gasteiger partial charge on any atom is 0.240 e. The highest BCUT2D eigenvalue weighted by Gasteiger charge is 2.14. The summed E-state index contributed by atoms with van der Waals surface area (Å²) in [5.41, 5.74) is 0.0601. The molecule has 0 aliphatic carbocycles. The van der Waals surface area contributed by atoms with Gasteiger partial charge in [-0.05, 0) is 12.1 Å². The van der Waals surface area contributed by atoms with Crippen LogP contribution in [0.1, 0.15) is 10.6 Å². The Morgan fingerprint density at radius 1 is 1.64 bits per heavy atom. The average Bonchev–Trinajstić information content (AvgIpc) is 2.65. The summed E-state index contributed by atoms with van der Waals surface area (Å²) in [5.74, 6) is -0.217. The van der Waals surface area contributed by atoms with Crippen molar-refractivity contribution in [3.8, 4) is 6.07 Å². The number of carbonyl (C=O) groups excluding carboxylic acids is 1. The van der Waals surface area contributed by atoms with Crippen molar-refractivity contribution in [1.29, 1.82) is 5.26 Å². The molecule has 0 N–H and O–H groups in total. The smallest absolute Gasteiger partial charge is 0.240 e. The van der Waals surface area contributed by atoms with Gasteiger partial charge in [0.25, 0.3) is 0 Å². The number of Topliss-reactive ketones (excluding diaryl/α,β-unsaturated/α-hetero) is 1. The summed E-state index contributed by atoms with van der Waals surface area (Å²) in [4.78, 5) is 13.2. The molecule has 0 aliphatic rings. The van der Waals surface area contributed by atoms with Gasteiger partial charge in [-0.15, -0.1) is 0 Å². The molecule has 0 unspecified atom stereocenters. The Balaban J connectivity index is 2.94. The summed E-state index contributed by atoms with van der Waals surface area (Å²) < 4.78 is 4.90. The standard InChI is InChI=1S/C10H10N2O2/c1-12(2)7-8(6-11)10(13)9-4-3-5-14-9/h3-5,7H,1-2H3. The average molecular weight is 190 g/mol. The molecule has 14 heavy (non-hydrogen) atoms. The number of carbonyl (C=O) groups is 1. The fraction of sp³-hybridized carbons (Fsp3) is 0.200. The van der Waals surface area contributed by atoms with Crippen LogP contribution in [0.25, 0.3) is 0 Å². The van der Waals surface area contributed by atoms with Crippen molar-refractivity contribution in [2.24, 2.45) is 0 Å². The second-order valence-electron chi connectivity index (χ2n) is 2.92. The van der Waals surface area contributed by atoms with Crippen molar-refractivity contribution in [2.75, 3.05) is 14.1 Å². The van der Waals surface area contributed by atoms with E-state index in [0.29, 0.717) is 0 Å². The molecule has 0 amide bonds. The summed E-state index contributed by atoms with van der Waals surface area (Å²) in [6, 6.07) is 4.97. The van der Waals surface area contributed by atoms with E-state index in [1.54, 1.807) is 25.1 Å². The molecule has 1 rings (SSSR count). The van der Waals surface area contributed by atoms with Crippen molar-refractivity contribution in [2.45, 2.75) is 0 Å². The zero-order chi connectivity index (χ0) is 10.6. The van der Waals surface area contributed by atoms with Crippen LogP contribution in [0.3, 0.4) is 0 Å². The number of ketones is 1. The van der Waals surface area contributed by atoms with Gasteiger partial charge in [0.2, 0.25) is 5.78 Å². The Kier molecular flexibility index (Phi) is 3.08. The third-order valence-electron chi connectivity index (χ3n) is 1.50. The van der Waals surface area contributed by atoms with Gasteiger partial charge in [-0.3, -0.25) is 4.79 Å². The molecule has 0 saturated carbocycles. The Morgan fingerprint density at radius 2 is 2.36 bits per heavy atom. The first-order chi connectivity index (χ1) is 6.65. The first-order valence-corrected chi connectivity index (χ1v) is 4.01. The first-order valence-electron chi connectivity index (χ1n) is 4.01. The van der Waals surface area contributed by atoms with Crippen LogP contribution in [0, 0.1) is 11.3 Å². The lowest BCUT2D eigenvalue weighted by molar-refractivity contribution is 0.101. The van der Waals surface area contributed by atoms with Crippen LogP contribution in [-0.2, 0) is 0 Å². The molecule has 0 aromatic carbocycles. The predicted octanol–water partition coefficient (Wildman–Crippen LogP) is 1.43. The predicted molar refractivity (Wildman–Crippen MR) is 50.4 cm³/mol. The number of allylic oxidation sites excluding steroid dienone is 1. The lowest BCUT2D eigenvalue weighted by Gasteiger charge is -2.04. The van der Waals surface area contributed by atoms with Crippen LogP contribution in [0.15, 0.2) is 34.6 Å². The van der Waals surface area contributed by atoms with Gasteiger partial charge < -0.3 is 9.32 Å². The number of hydrogen-bond acceptors (Lipinski definition) is 4. The van der Waals surface area contributed by atoms with Crippen LogP contribution in [-0.4, -0.2) is 24.8 Å². The Morgan fingerprint density at radius 3 is 2.79 bits per heavy atom. The number of nitrogens with zero attached hydrogens (tertiary/aromatic N) is 2. The topological polar surface area (TPSA) is 57.2 Å². The van der Waals surface area contributed by atoms with Crippen molar-refractivity contribution in [1.82, 2.24) is 4.90 Å². The van der Waals surface area contributed by atoms with Crippen LogP contribution in [0.2, 0.25) is 0 Å². The maximum atomic E-state index is 11.6. The van der Waals surface area contributed by atoms with Gasteiger partial charge in [0, 0.05) is 20.3 Å². The van der Waals surface area contributed by atoms with E-state index in [4.69, 9.17) is 9.68 Å². The Bertz CT molecular complexity index is 383. The van der Waals surface area contributed by atoms with E-state index in [-0.39, 0.29) is 11.3 Å². The number of hydrogen-bond donors (Lipinski definition) is 0. The van der Waals surface area contributed by atoms with Crippen molar-refractivity contribution in [3.05, 3.63) is 35.9 Å². The largest absolute Gasteiger partial charge is 0.461 e. The van der Waals surface area contributed by atoms with E-state index in [0.717, 1.165) is 0 Å². The summed E-state index contributed by atoms with van der Waals surface area (Å²) in [7, 11) is 3.49.